The number of aliphatic hydroxyl groups is 1. The lowest BCUT2D eigenvalue weighted by Crippen LogP contribution is -1.90. The minimum atomic E-state index is -0.392. The van der Waals surface area contributed by atoms with Gasteiger partial charge in [0.25, 0.3) is 5.69 Å². The number of non-ortho nitro benzene ring substituents is 1. The fourth-order valence-electron chi connectivity index (χ4n) is 2.13. The number of aromatic amines is 1. The summed E-state index contributed by atoms with van der Waals surface area (Å²) in [6.07, 6.45) is 0. The highest BCUT2D eigenvalue weighted by atomic mass is 32.1. The van der Waals surface area contributed by atoms with Gasteiger partial charge in [-0.1, -0.05) is 0 Å². The molecule has 1 aromatic carbocycles. The quantitative estimate of drug-likeness (QED) is 0.572. The van der Waals surface area contributed by atoms with Crippen molar-refractivity contribution >= 4 is 27.9 Å². The molecule has 3 rings (SSSR count). The van der Waals surface area contributed by atoms with Crippen LogP contribution < -0.4 is 0 Å². The highest BCUT2D eigenvalue weighted by Crippen LogP contribution is 2.32. The van der Waals surface area contributed by atoms with Crippen LogP contribution in [0.2, 0.25) is 0 Å². The molecule has 0 spiro atoms. The first-order chi connectivity index (χ1) is 9.58. The smallest absolute Gasteiger partial charge is 0.293 e. The third-order valence-electron chi connectivity index (χ3n) is 2.99. The molecule has 0 aliphatic carbocycles. The van der Waals surface area contributed by atoms with Gasteiger partial charge in [0.1, 0.15) is 10.5 Å². The van der Waals surface area contributed by atoms with E-state index in [1.54, 1.807) is 11.4 Å². The van der Waals surface area contributed by atoms with Crippen LogP contribution >= 0.6 is 11.3 Å². The number of nitro benzene ring substituents is 1. The first kappa shape index (κ1) is 12.8. The number of benzene rings is 1. The number of nitro groups is 1. The van der Waals surface area contributed by atoms with E-state index in [2.05, 4.69) is 9.97 Å². The molecule has 20 heavy (non-hydrogen) atoms. The molecule has 0 amide bonds. The minimum Gasteiger partial charge on any atom is -0.390 e. The zero-order chi connectivity index (χ0) is 14.3. The second-order valence-corrected chi connectivity index (χ2v) is 5.35. The van der Waals surface area contributed by atoms with E-state index in [0.717, 1.165) is 16.6 Å². The fraction of sp³-hybridized carbons (Fsp3) is 0.154. The van der Waals surface area contributed by atoms with Crippen molar-refractivity contribution in [2.75, 3.05) is 0 Å². The van der Waals surface area contributed by atoms with Crippen molar-refractivity contribution in [3.8, 4) is 10.7 Å². The van der Waals surface area contributed by atoms with E-state index in [1.165, 1.54) is 11.3 Å². The first-order valence-corrected chi connectivity index (χ1v) is 6.80. The SMILES string of the molecule is Cc1cc([N+](=O)[O-])c2[nH]c(-c3nc(CO)cs3)cc2c1. The second-order valence-electron chi connectivity index (χ2n) is 4.49. The fourth-order valence-corrected chi connectivity index (χ4v) is 2.92. The summed E-state index contributed by atoms with van der Waals surface area (Å²) in [5.41, 5.74) is 2.71. The maximum Gasteiger partial charge on any atom is 0.293 e. The molecule has 2 N–H and O–H groups in total. The zero-order valence-electron chi connectivity index (χ0n) is 10.6. The number of fused-ring (bicyclic) bond motifs is 1. The number of aromatic nitrogens is 2. The van der Waals surface area contributed by atoms with Crippen LogP contribution in [0.4, 0.5) is 5.69 Å². The molecule has 6 nitrogen and oxygen atoms in total. The number of nitrogens with one attached hydrogen (secondary N) is 1. The van der Waals surface area contributed by atoms with E-state index in [9.17, 15) is 10.1 Å². The Morgan fingerprint density at radius 3 is 2.90 bits per heavy atom. The molecule has 102 valence electrons. The van der Waals surface area contributed by atoms with Gasteiger partial charge in [-0.15, -0.1) is 11.3 Å². The Balaban J connectivity index is 2.19. The summed E-state index contributed by atoms with van der Waals surface area (Å²) < 4.78 is 0. The van der Waals surface area contributed by atoms with E-state index < -0.39 is 4.92 Å². The second kappa shape index (κ2) is 4.69. The molecule has 0 aliphatic rings. The van der Waals surface area contributed by atoms with Crippen LogP contribution in [0.15, 0.2) is 23.6 Å². The number of rotatable bonds is 3. The first-order valence-electron chi connectivity index (χ1n) is 5.92. The lowest BCUT2D eigenvalue weighted by atomic mass is 10.1. The normalized spacial score (nSPS) is 11.1. The van der Waals surface area contributed by atoms with E-state index in [0.29, 0.717) is 16.2 Å². The topological polar surface area (TPSA) is 92.0 Å². The van der Waals surface area contributed by atoms with Gasteiger partial charge < -0.3 is 10.1 Å². The predicted octanol–water partition coefficient (Wildman–Crippen LogP) is 3.00. The summed E-state index contributed by atoms with van der Waals surface area (Å²) in [6.45, 7) is 1.71. The van der Waals surface area contributed by atoms with Gasteiger partial charge >= 0.3 is 0 Å². The van der Waals surface area contributed by atoms with Crippen LogP contribution in [0.25, 0.3) is 21.6 Å². The van der Waals surface area contributed by atoms with E-state index in [1.807, 2.05) is 19.1 Å². The van der Waals surface area contributed by atoms with Crippen LogP contribution in [0, 0.1) is 17.0 Å². The van der Waals surface area contributed by atoms with Gasteiger partial charge in [-0.3, -0.25) is 10.1 Å². The number of thiazole rings is 1. The zero-order valence-corrected chi connectivity index (χ0v) is 11.4. The van der Waals surface area contributed by atoms with Gasteiger partial charge in [0.2, 0.25) is 0 Å². The van der Waals surface area contributed by atoms with Gasteiger partial charge in [-0.2, -0.15) is 0 Å². The molecular weight excluding hydrogens is 278 g/mol. The minimum absolute atomic E-state index is 0.0604. The van der Waals surface area contributed by atoms with Gasteiger partial charge in [0, 0.05) is 16.8 Å². The molecule has 0 unspecified atom stereocenters. The molecule has 3 aromatic rings. The van der Waals surface area contributed by atoms with Crippen molar-refractivity contribution in [1.82, 2.24) is 9.97 Å². The van der Waals surface area contributed by atoms with Gasteiger partial charge in [-0.05, 0) is 24.6 Å². The lowest BCUT2D eigenvalue weighted by molar-refractivity contribution is -0.383. The molecule has 0 bridgehead atoms. The summed E-state index contributed by atoms with van der Waals surface area (Å²) in [7, 11) is 0. The van der Waals surface area contributed by atoms with Gasteiger partial charge in [0.15, 0.2) is 0 Å². The highest BCUT2D eigenvalue weighted by Gasteiger charge is 2.17. The van der Waals surface area contributed by atoms with Crippen molar-refractivity contribution in [1.29, 1.82) is 0 Å². The van der Waals surface area contributed by atoms with Crippen molar-refractivity contribution in [2.24, 2.45) is 0 Å². The average molecular weight is 289 g/mol. The van der Waals surface area contributed by atoms with E-state index >= 15 is 0 Å². The maximum atomic E-state index is 11.1. The molecule has 0 saturated carbocycles. The summed E-state index contributed by atoms with van der Waals surface area (Å²) in [4.78, 5) is 18.0. The van der Waals surface area contributed by atoms with Crippen LogP contribution in [0.3, 0.4) is 0 Å². The van der Waals surface area contributed by atoms with E-state index in [4.69, 9.17) is 5.11 Å². The summed E-state index contributed by atoms with van der Waals surface area (Å²) in [6, 6.07) is 5.28. The van der Waals surface area contributed by atoms with Crippen molar-refractivity contribution < 1.29 is 10.0 Å². The van der Waals surface area contributed by atoms with Crippen LogP contribution in [-0.4, -0.2) is 20.0 Å². The Bertz CT molecular complexity index is 806. The number of aryl methyl sites for hydroxylation is 1. The molecular formula is C13H11N3O3S. The number of hydrogen-bond donors (Lipinski definition) is 2. The van der Waals surface area contributed by atoms with Gasteiger partial charge in [0.05, 0.1) is 22.9 Å². The standard InChI is InChI=1S/C13H11N3O3S/c1-7-2-8-4-10(13-14-9(5-17)6-20-13)15-12(8)11(3-7)16(18)19/h2-4,6,15,17H,5H2,1H3. The molecule has 0 fully saturated rings. The lowest BCUT2D eigenvalue weighted by Gasteiger charge is -1.96. The largest absolute Gasteiger partial charge is 0.390 e. The molecule has 2 heterocycles. The van der Waals surface area contributed by atoms with Crippen molar-refractivity contribution in [3.63, 3.8) is 0 Å². The molecule has 0 saturated heterocycles. The molecule has 0 atom stereocenters. The van der Waals surface area contributed by atoms with Gasteiger partial charge in [-0.25, -0.2) is 4.98 Å². The number of H-pyrrole nitrogens is 1. The Morgan fingerprint density at radius 1 is 1.45 bits per heavy atom. The Kier molecular flexibility index (Phi) is 3.00. The number of hydrogen-bond acceptors (Lipinski definition) is 5. The third-order valence-corrected chi connectivity index (χ3v) is 3.92. The predicted molar refractivity (Wildman–Crippen MR) is 76.7 cm³/mol. The number of aliphatic hydroxyl groups excluding tert-OH is 1. The molecule has 0 radical (unpaired) electrons. The van der Waals surface area contributed by atoms with Crippen LogP contribution in [-0.2, 0) is 6.61 Å². The summed E-state index contributed by atoms with van der Waals surface area (Å²) in [5.74, 6) is 0. The maximum absolute atomic E-state index is 11.1. The number of nitrogens with zero attached hydrogens (tertiary/aromatic N) is 2. The average Bonchev–Trinajstić information content (AvgIpc) is 3.02. The van der Waals surface area contributed by atoms with Crippen LogP contribution in [0.5, 0.6) is 0 Å². The highest BCUT2D eigenvalue weighted by molar-refractivity contribution is 7.13. The molecule has 7 heteroatoms. The van der Waals surface area contributed by atoms with E-state index in [-0.39, 0.29) is 12.3 Å². The Morgan fingerprint density at radius 2 is 2.25 bits per heavy atom. The van der Waals surface area contributed by atoms with Crippen molar-refractivity contribution in [2.45, 2.75) is 13.5 Å². The Labute approximate surface area is 117 Å². The molecule has 0 aliphatic heterocycles. The Hall–Kier alpha value is -2.25. The molecule has 2 aromatic heterocycles. The summed E-state index contributed by atoms with van der Waals surface area (Å²) >= 11 is 1.39. The van der Waals surface area contributed by atoms with Crippen molar-refractivity contribution in [3.05, 3.63) is 45.0 Å². The van der Waals surface area contributed by atoms with Crippen LogP contribution in [0.1, 0.15) is 11.3 Å². The summed E-state index contributed by atoms with van der Waals surface area (Å²) in [5, 5.41) is 23.4. The monoisotopic (exact) mass is 289 g/mol. The third kappa shape index (κ3) is 2.06.